The van der Waals surface area contributed by atoms with E-state index in [2.05, 4.69) is 19.9 Å². The predicted octanol–water partition coefficient (Wildman–Crippen LogP) is 27.5. The van der Waals surface area contributed by atoms with Crippen LogP contribution in [0.2, 0.25) is 0 Å². The summed E-state index contributed by atoms with van der Waals surface area (Å²) in [5.74, 6) is -2.95. The van der Waals surface area contributed by atoms with Crippen molar-refractivity contribution in [2.24, 2.45) is 17.8 Å². The van der Waals surface area contributed by atoms with Crippen LogP contribution in [0.15, 0.2) is 53.6 Å². The van der Waals surface area contributed by atoms with Gasteiger partial charge >= 0.3 is 0 Å². The smallest absolute Gasteiger partial charge is 0.167 e. The van der Waals surface area contributed by atoms with Gasteiger partial charge in [0.05, 0.1) is 0 Å². The molecule has 0 nitrogen and oxygen atoms in total. The lowest BCUT2D eigenvalue weighted by Gasteiger charge is -2.37. The van der Waals surface area contributed by atoms with Crippen LogP contribution in [0.5, 0.6) is 0 Å². The number of hydrogen-bond acceptors (Lipinski definition) is 0. The molecule has 0 bridgehead atoms. The molecule has 5 rings (SSSR count). The summed E-state index contributed by atoms with van der Waals surface area (Å²) < 4.78 is 83.8. The van der Waals surface area contributed by atoms with Crippen LogP contribution in [0, 0.1) is 47.9 Å². The molecule has 2 aliphatic carbocycles. The molecule has 444 valence electrons. The molecule has 3 aromatic rings. The zero-order valence-electron chi connectivity index (χ0n) is 34.2. The zero-order chi connectivity index (χ0) is 39.8. The van der Waals surface area contributed by atoms with E-state index in [1.807, 2.05) is 46.8 Å². The van der Waals surface area contributed by atoms with Crippen molar-refractivity contribution in [3.63, 3.8) is 0 Å². The van der Waals surface area contributed by atoms with E-state index in [1.54, 1.807) is 18.2 Å². The number of unbranched alkanes of at least 4 members (excludes halogenated alkanes) is 3. The van der Waals surface area contributed by atoms with Crippen LogP contribution in [0.4, 0.5) is 26.3 Å². The van der Waals surface area contributed by atoms with Gasteiger partial charge in [-0.15, -0.1) is 0 Å². The van der Waals surface area contributed by atoms with Gasteiger partial charge in [-0.25, -0.2) is 26.3 Å². The lowest BCUT2D eigenvalue weighted by molar-refractivity contribution is 0.195. The third-order valence-corrected chi connectivity index (χ3v) is 11.2. The van der Waals surface area contributed by atoms with E-state index >= 15 is 0 Å². The fourth-order valence-electron chi connectivity index (χ4n) is 8.07. The van der Waals surface area contributed by atoms with Crippen LogP contribution in [0.1, 0.15) is 293 Å². The fourth-order valence-corrected chi connectivity index (χ4v) is 8.07. The number of fused-ring (bicyclic) bond motifs is 2. The normalized spacial score (nSPS) is 13.6. The van der Waals surface area contributed by atoms with Gasteiger partial charge in [-0.2, -0.15) is 0 Å². The highest BCUT2D eigenvalue weighted by atomic mass is 19.2. The van der Waals surface area contributed by atoms with Crippen LogP contribution in [0.3, 0.4) is 0 Å². The van der Waals surface area contributed by atoms with E-state index < -0.39 is 34.9 Å². The largest absolute Gasteiger partial charge is 0.208 e. The standard InChI is InChI=1S/C18H22F2.C17H26F2.C13H18F2.18CH4/c1-4-6-8-13-9-10-14-11-15(7-5-2)17(19)18(20)16(14)12(13)3;1-3-5-7-12-8-9-13-11-14(6-4-2)16(18)17(19)15(13)10-12;1-3-5-7-11-9-8-10(6-4-2)12(14)13(11)15;;;;;;;;;;;;;;;;;;/h9-11H,4-8H2,1-3H3;11-13,15H,3-10H2,1-2H3;8-9H,3-7H2,1-2H3;18*1H4. The van der Waals surface area contributed by atoms with Gasteiger partial charge in [0.1, 0.15) is 5.83 Å². The molecule has 0 aliphatic heterocycles. The number of benzene rings is 3. The maximum Gasteiger partial charge on any atom is 0.167 e. The third kappa shape index (κ3) is 31.0. The van der Waals surface area contributed by atoms with E-state index in [4.69, 9.17) is 0 Å². The molecule has 3 atom stereocenters. The number of rotatable bonds is 15. The highest BCUT2D eigenvalue weighted by Gasteiger charge is 2.37. The second-order valence-corrected chi connectivity index (χ2v) is 15.5. The van der Waals surface area contributed by atoms with E-state index in [0.717, 1.165) is 80.7 Å². The van der Waals surface area contributed by atoms with Crippen molar-refractivity contribution >= 4 is 10.8 Å². The van der Waals surface area contributed by atoms with Crippen molar-refractivity contribution in [2.45, 2.75) is 298 Å². The minimum absolute atomic E-state index is 0. The van der Waals surface area contributed by atoms with Gasteiger partial charge in [0.15, 0.2) is 29.1 Å². The highest BCUT2D eigenvalue weighted by Crippen LogP contribution is 2.47. The van der Waals surface area contributed by atoms with Crippen molar-refractivity contribution in [1.82, 2.24) is 0 Å². The first-order chi connectivity index (χ1) is 26.0. The molecule has 6 heteroatoms. The van der Waals surface area contributed by atoms with Crippen LogP contribution < -0.4 is 0 Å². The molecule has 1 saturated carbocycles. The Morgan fingerprint density at radius 1 is 0.431 bits per heavy atom. The molecular formula is C66H138F6. The molecule has 3 aromatic carbocycles. The Morgan fingerprint density at radius 2 is 0.833 bits per heavy atom. The lowest BCUT2D eigenvalue weighted by atomic mass is 9.69. The monoisotopic (exact) mass is 1050 g/mol. The summed E-state index contributed by atoms with van der Waals surface area (Å²) in [6, 6.07) is 9.22. The molecular weight excluding hydrogens is 907 g/mol. The molecule has 0 saturated heterocycles. The van der Waals surface area contributed by atoms with Gasteiger partial charge in [0, 0.05) is 11.3 Å². The Labute approximate surface area is 455 Å². The molecule has 0 heterocycles. The summed E-state index contributed by atoms with van der Waals surface area (Å²) in [7, 11) is 0. The van der Waals surface area contributed by atoms with Crippen molar-refractivity contribution in [2.75, 3.05) is 0 Å². The Morgan fingerprint density at radius 3 is 1.28 bits per heavy atom. The first kappa shape index (κ1) is 114. The maximum absolute atomic E-state index is 14.4. The fraction of sp³-hybridized carbons (Fsp3) is 0.697. The number of halogens is 6. The Kier molecular flexibility index (Phi) is 92.8. The van der Waals surface area contributed by atoms with Crippen LogP contribution in [0.25, 0.3) is 10.8 Å². The summed E-state index contributed by atoms with van der Waals surface area (Å²) in [6.45, 7) is 14.2. The summed E-state index contributed by atoms with van der Waals surface area (Å²) in [5.41, 5.74) is 4.12. The Balaban J connectivity index is -0.0000000418. The number of allylic oxidation sites excluding steroid dienone is 4. The van der Waals surface area contributed by atoms with E-state index in [9.17, 15) is 26.3 Å². The predicted molar refractivity (Wildman–Crippen MR) is 337 cm³/mol. The van der Waals surface area contributed by atoms with Crippen molar-refractivity contribution < 1.29 is 26.3 Å². The maximum atomic E-state index is 14.4. The zero-order valence-corrected chi connectivity index (χ0v) is 34.2. The topological polar surface area (TPSA) is 0 Å². The highest BCUT2D eigenvalue weighted by molar-refractivity contribution is 5.88. The average Bonchev–Trinajstić information content (AvgIpc) is 3.17. The average molecular weight is 1050 g/mol. The number of hydrogen-bond donors (Lipinski definition) is 0. The molecule has 2 aliphatic rings. The first-order valence-corrected chi connectivity index (χ1v) is 21.1. The molecule has 0 spiro atoms. The molecule has 72 heavy (non-hydrogen) atoms. The van der Waals surface area contributed by atoms with Gasteiger partial charge < -0.3 is 0 Å². The van der Waals surface area contributed by atoms with Crippen LogP contribution >= 0.6 is 0 Å². The van der Waals surface area contributed by atoms with Crippen LogP contribution in [-0.4, -0.2) is 0 Å². The molecule has 0 radical (unpaired) electrons. The van der Waals surface area contributed by atoms with Gasteiger partial charge in [0.2, 0.25) is 0 Å². The summed E-state index contributed by atoms with van der Waals surface area (Å²) in [6.07, 6.45) is 18.7. The van der Waals surface area contributed by atoms with E-state index in [-0.39, 0.29) is 146 Å². The van der Waals surface area contributed by atoms with Crippen molar-refractivity contribution in [3.8, 4) is 0 Å². The molecule has 1 fully saturated rings. The minimum atomic E-state index is -0.679. The minimum Gasteiger partial charge on any atom is -0.208 e. The SMILES string of the molecule is C.C.C.C.C.C.C.C.C.C.C.C.C.C.C.C.C.C.CCCCC1CCC2C=C(CCC)C(F)=C(F)C2C1.CCCCc1ccc(CCC)c(F)c1F.CCCCc1ccc2cc(CCC)c(F)c(F)c2c1C. The second kappa shape index (κ2) is 58.9. The molecule has 0 amide bonds. The number of aryl methyl sites for hydroxylation is 5. The van der Waals surface area contributed by atoms with E-state index in [1.165, 1.54) is 25.7 Å². The second-order valence-electron chi connectivity index (χ2n) is 15.5. The quantitative estimate of drug-likeness (QED) is 0.133. The van der Waals surface area contributed by atoms with Crippen molar-refractivity contribution in [3.05, 3.63) is 105 Å². The van der Waals surface area contributed by atoms with Crippen molar-refractivity contribution in [1.29, 1.82) is 0 Å². The Bertz CT molecular complexity index is 1690. The van der Waals surface area contributed by atoms with Gasteiger partial charge in [-0.1, -0.05) is 257 Å². The molecule has 0 N–H and O–H groups in total. The summed E-state index contributed by atoms with van der Waals surface area (Å²) in [5, 5.41) is 1.26. The van der Waals surface area contributed by atoms with Gasteiger partial charge in [0.25, 0.3) is 0 Å². The molecule has 3 unspecified atom stereocenters. The lowest BCUT2D eigenvalue weighted by Crippen LogP contribution is -2.27. The third-order valence-electron chi connectivity index (χ3n) is 11.2. The first-order valence-electron chi connectivity index (χ1n) is 21.1. The molecule has 0 aromatic heterocycles. The van der Waals surface area contributed by atoms with Crippen LogP contribution in [-0.2, 0) is 25.7 Å². The summed E-state index contributed by atoms with van der Waals surface area (Å²) in [4.78, 5) is 0. The van der Waals surface area contributed by atoms with Gasteiger partial charge in [-0.3, -0.25) is 0 Å². The van der Waals surface area contributed by atoms with Gasteiger partial charge in [-0.05, 0) is 128 Å². The Hall–Kier alpha value is -3.02. The summed E-state index contributed by atoms with van der Waals surface area (Å²) >= 11 is 0. The van der Waals surface area contributed by atoms with E-state index in [0.29, 0.717) is 59.3 Å².